The highest BCUT2D eigenvalue weighted by molar-refractivity contribution is 7.22. The first-order valence-corrected chi connectivity index (χ1v) is 10.3. The summed E-state index contributed by atoms with van der Waals surface area (Å²) in [5.41, 5.74) is 0.823. The van der Waals surface area contributed by atoms with Crippen LogP contribution < -0.4 is 20.7 Å². The Balaban J connectivity index is 1.42. The predicted octanol–water partition coefficient (Wildman–Crippen LogP) is 3.66. The minimum absolute atomic E-state index is 0.169. The normalized spacial score (nSPS) is 14.7. The van der Waals surface area contributed by atoms with Crippen LogP contribution in [0.2, 0.25) is 0 Å². The molecule has 0 spiro atoms. The topological polar surface area (TPSA) is 92.3 Å². The third kappa shape index (κ3) is 5.82. The van der Waals surface area contributed by atoms with Crippen LogP contribution in [-0.2, 0) is 4.79 Å². The minimum Gasteiger partial charge on any atom is -0.494 e. The van der Waals surface area contributed by atoms with Crippen LogP contribution in [0.25, 0.3) is 10.2 Å². The van der Waals surface area contributed by atoms with Crippen LogP contribution in [0.3, 0.4) is 0 Å². The lowest BCUT2D eigenvalue weighted by molar-refractivity contribution is -0.116. The number of benzene rings is 1. The number of amides is 3. The van der Waals surface area contributed by atoms with Crippen LogP contribution in [-0.4, -0.2) is 36.1 Å². The van der Waals surface area contributed by atoms with Gasteiger partial charge in [0.2, 0.25) is 5.91 Å². The molecule has 3 amide bonds. The number of thiazole rings is 1. The molecule has 7 nitrogen and oxygen atoms in total. The molecule has 1 heterocycles. The first-order valence-electron chi connectivity index (χ1n) is 9.51. The average Bonchev–Trinajstić information content (AvgIpc) is 3.04. The van der Waals surface area contributed by atoms with E-state index in [1.54, 1.807) is 0 Å². The van der Waals surface area contributed by atoms with Gasteiger partial charge in [-0.25, -0.2) is 9.78 Å². The second kappa shape index (κ2) is 9.55. The van der Waals surface area contributed by atoms with Crippen LogP contribution in [0.4, 0.5) is 9.93 Å². The van der Waals surface area contributed by atoms with Crippen molar-refractivity contribution in [2.75, 3.05) is 18.5 Å². The van der Waals surface area contributed by atoms with Crippen LogP contribution in [0.15, 0.2) is 18.2 Å². The lowest BCUT2D eigenvalue weighted by atomic mass is 9.96. The summed E-state index contributed by atoms with van der Waals surface area (Å²) in [4.78, 5) is 28.4. The lowest BCUT2D eigenvalue weighted by Crippen LogP contribution is -2.43. The summed E-state index contributed by atoms with van der Waals surface area (Å²) in [6.07, 6.45) is 5.87. The zero-order valence-corrected chi connectivity index (χ0v) is 16.4. The average molecular weight is 391 g/mol. The molecule has 0 unspecified atom stereocenters. The number of hydrogen-bond donors (Lipinski definition) is 3. The molecule has 3 N–H and O–H groups in total. The quantitative estimate of drug-likeness (QED) is 0.673. The Morgan fingerprint density at radius 1 is 1.26 bits per heavy atom. The smallest absolute Gasteiger partial charge is 0.315 e. The van der Waals surface area contributed by atoms with Crippen LogP contribution in [0.1, 0.15) is 45.4 Å². The molecule has 2 aromatic rings. The molecule has 1 aromatic heterocycles. The summed E-state index contributed by atoms with van der Waals surface area (Å²) in [5.74, 6) is 0.622. The Bertz CT molecular complexity index is 786. The molecule has 1 fully saturated rings. The third-order valence-corrected chi connectivity index (χ3v) is 5.43. The number of carbonyl (C=O) groups is 2. The molecule has 146 valence electrons. The molecule has 0 radical (unpaired) electrons. The number of hydrogen-bond acceptors (Lipinski definition) is 5. The van der Waals surface area contributed by atoms with Gasteiger partial charge in [-0.15, -0.1) is 0 Å². The molecule has 1 aromatic carbocycles. The van der Waals surface area contributed by atoms with Gasteiger partial charge in [0, 0.05) is 19.0 Å². The van der Waals surface area contributed by atoms with Gasteiger partial charge in [0.25, 0.3) is 0 Å². The summed E-state index contributed by atoms with van der Waals surface area (Å²) in [5, 5.41) is 9.07. The molecular formula is C19H26N4O3S. The van der Waals surface area contributed by atoms with Gasteiger partial charge in [-0.2, -0.15) is 0 Å². The van der Waals surface area contributed by atoms with E-state index in [-0.39, 0.29) is 24.4 Å². The third-order valence-electron chi connectivity index (χ3n) is 4.50. The van der Waals surface area contributed by atoms with Gasteiger partial charge in [-0.1, -0.05) is 30.6 Å². The number of aromatic nitrogens is 1. The second-order valence-electron chi connectivity index (χ2n) is 6.61. The zero-order chi connectivity index (χ0) is 19.1. The summed E-state index contributed by atoms with van der Waals surface area (Å²) in [6, 6.07) is 5.73. The van der Waals surface area contributed by atoms with Crippen molar-refractivity contribution in [3.05, 3.63) is 18.2 Å². The summed E-state index contributed by atoms with van der Waals surface area (Å²) in [6.45, 7) is 2.84. The number of fused-ring (bicyclic) bond motifs is 1. The number of nitrogens with one attached hydrogen (secondary N) is 3. The number of nitrogens with zero attached hydrogens (tertiary/aromatic N) is 1. The van der Waals surface area contributed by atoms with Gasteiger partial charge in [-0.05, 0) is 38.0 Å². The zero-order valence-electron chi connectivity index (χ0n) is 15.5. The molecule has 0 atom stereocenters. The number of carbonyl (C=O) groups excluding carboxylic acids is 2. The monoisotopic (exact) mass is 390 g/mol. The van der Waals surface area contributed by atoms with Crippen molar-refractivity contribution >= 4 is 38.6 Å². The van der Waals surface area contributed by atoms with Gasteiger partial charge in [0.1, 0.15) is 5.75 Å². The van der Waals surface area contributed by atoms with Crippen LogP contribution >= 0.6 is 11.3 Å². The van der Waals surface area contributed by atoms with Crippen LogP contribution in [0.5, 0.6) is 5.75 Å². The Morgan fingerprint density at radius 3 is 2.85 bits per heavy atom. The number of rotatable bonds is 7. The highest BCUT2D eigenvalue weighted by Gasteiger charge is 2.15. The fourth-order valence-corrected chi connectivity index (χ4v) is 4.08. The van der Waals surface area contributed by atoms with E-state index >= 15 is 0 Å². The van der Waals surface area contributed by atoms with E-state index in [1.165, 1.54) is 30.6 Å². The van der Waals surface area contributed by atoms with E-state index < -0.39 is 0 Å². The van der Waals surface area contributed by atoms with Crippen molar-refractivity contribution in [2.45, 2.75) is 51.5 Å². The first kappa shape index (κ1) is 19.4. The van der Waals surface area contributed by atoms with Gasteiger partial charge >= 0.3 is 6.03 Å². The maximum absolute atomic E-state index is 12.1. The highest BCUT2D eigenvalue weighted by atomic mass is 32.1. The van der Waals surface area contributed by atoms with Crippen molar-refractivity contribution in [1.82, 2.24) is 15.6 Å². The van der Waals surface area contributed by atoms with Gasteiger partial charge in [-0.3, -0.25) is 4.79 Å². The molecule has 1 saturated carbocycles. The highest BCUT2D eigenvalue weighted by Crippen LogP contribution is 2.29. The van der Waals surface area contributed by atoms with E-state index in [0.29, 0.717) is 18.3 Å². The summed E-state index contributed by atoms with van der Waals surface area (Å²) < 4.78 is 6.44. The molecule has 0 bridgehead atoms. The van der Waals surface area contributed by atoms with Crippen molar-refractivity contribution in [2.24, 2.45) is 0 Å². The summed E-state index contributed by atoms with van der Waals surface area (Å²) in [7, 11) is 0. The van der Waals surface area contributed by atoms with E-state index in [0.717, 1.165) is 28.8 Å². The number of urea groups is 1. The van der Waals surface area contributed by atoms with Crippen molar-refractivity contribution in [3.8, 4) is 5.75 Å². The largest absolute Gasteiger partial charge is 0.494 e. The molecular weight excluding hydrogens is 364 g/mol. The maximum atomic E-state index is 12.1. The van der Waals surface area contributed by atoms with Crippen molar-refractivity contribution in [1.29, 1.82) is 0 Å². The second-order valence-corrected chi connectivity index (χ2v) is 7.65. The molecule has 3 rings (SSSR count). The molecule has 0 saturated heterocycles. The Hall–Kier alpha value is -2.35. The molecule has 0 aliphatic heterocycles. The molecule has 1 aliphatic rings. The van der Waals surface area contributed by atoms with Gasteiger partial charge in [0.05, 0.1) is 16.8 Å². The molecule has 8 heteroatoms. The Kier molecular flexibility index (Phi) is 6.86. The standard InChI is InChI=1S/C19H26N4O3S/c1-2-26-14-8-9-15-16(12-14)27-19(22-15)23-17(24)10-11-20-18(25)21-13-6-4-3-5-7-13/h8-9,12-13H,2-7,10-11H2,1H3,(H2,20,21,25)(H,22,23,24). The van der Waals surface area contributed by atoms with E-state index in [1.807, 2.05) is 25.1 Å². The number of anilines is 1. The Morgan fingerprint density at radius 2 is 2.07 bits per heavy atom. The van der Waals surface area contributed by atoms with E-state index in [9.17, 15) is 9.59 Å². The number of ether oxygens (including phenoxy) is 1. The fraction of sp³-hybridized carbons (Fsp3) is 0.526. The maximum Gasteiger partial charge on any atom is 0.315 e. The first-order chi connectivity index (χ1) is 13.1. The summed E-state index contributed by atoms with van der Waals surface area (Å²) >= 11 is 1.41. The van der Waals surface area contributed by atoms with Gasteiger partial charge < -0.3 is 20.7 Å². The molecule has 1 aliphatic carbocycles. The minimum atomic E-state index is -0.196. The lowest BCUT2D eigenvalue weighted by Gasteiger charge is -2.22. The van der Waals surface area contributed by atoms with Crippen LogP contribution in [0, 0.1) is 0 Å². The molecule has 27 heavy (non-hydrogen) atoms. The SMILES string of the molecule is CCOc1ccc2nc(NC(=O)CCNC(=O)NC3CCCCC3)sc2c1. The van der Waals surface area contributed by atoms with Crippen molar-refractivity contribution < 1.29 is 14.3 Å². The Labute approximate surface area is 162 Å². The fourth-order valence-electron chi connectivity index (χ4n) is 3.17. The predicted molar refractivity (Wildman–Crippen MR) is 107 cm³/mol. The van der Waals surface area contributed by atoms with E-state index in [2.05, 4.69) is 20.9 Å². The van der Waals surface area contributed by atoms with Crippen molar-refractivity contribution in [3.63, 3.8) is 0 Å². The van der Waals surface area contributed by atoms with Gasteiger partial charge in [0.15, 0.2) is 5.13 Å². The van der Waals surface area contributed by atoms with E-state index in [4.69, 9.17) is 4.74 Å².